The minimum Gasteiger partial charge on any atom is -0.103 e. The van der Waals surface area contributed by atoms with Crippen LogP contribution in [0.4, 0.5) is 0 Å². The highest BCUT2D eigenvalue weighted by Gasteiger charge is 1.71. The summed E-state index contributed by atoms with van der Waals surface area (Å²) in [4.78, 5) is 0. The third-order valence-electron chi connectivity index (χ3n) is 0.928. The van der Waals surface area contributed by atoms with Crippen LogP contribution in [-0.4, -0.2) is 0 Å². The van der Waals surface area contributed by atoms with Gasteiger partial charge in [-0.2, -0.15) is 0 Å². The summed E-state index contributed by atoms with van der Waals surface area (Å²) in [5, 5.41) is 0. The van der Waals surface area contributed by atoms with Gasteiger partial charge in [0.25, 0.3) is 0 Å². The van der Waals surface area contributed by atoms with E-state index in [-0.39, 0.29) is 0 Å². The molecule has 0 heterocycles. The summed E-state index contributed by atoms with van der Waals surface area (Å²) in [6.07, 6.45) is 9.00. The first-order valence-electron chi connectivity index (χ1n) is 3.67. The molecule has 0 spiro atoms. The maximum absolute atomic E-state index is 3.60. The largest absolute Gasteiger partial charge is 0.103 e. The Morgan fingerprint density at radius 1 is 1.10 bits per heavy atom. The summed E-state index contributed by atoms with van der Waals surface area (Å²) in [7, 11) is 0. The molecule has 0 atom stereocenters. The molecule has 0 N–H and O–H groups in total. The van der Waals surface area contributed by atoms with E-state index in [1.165, 1.54) is 19.3 Å². The summed E-state index contributed by atoms with van der Waals surface area (Å²) in [6, 6.07) is 0. The normalized spacial score (nSPS) is 6.90. The minimum atomic E-state index is 1.18. The van der Waals surface area contributed by atoms with Gasteiger partial charge in [0.2, 0.25) is 0 Å². The van der Waals surface area contributed by atoms with Crippen LogP contribution >= 0.6 is 0 Å². The van der Waals surface area contributed by atoms with E-state index in [4.69, 9.17) is 0 Å². The van der Waals surface area contributed by atoms with Crippen molar-refractivity contribution in [3.63, 3.8) is 0 Å². The third kappa shape index (κ3) is 26.9. The van der Waals surface area contributed by atoms with E-state index < -0.39 is 0 Å². The molecule has 0 aliphatic carbocycles. The second kappa shape index (κ2) is 15.7. The van der Waals surface area contributed by atoms with Crippen LogP contribution in [0.25, 0.3) is 0 Å². The Balaban J connectivity index is 0. The zero-order chi connectivity index (χ0) is 8.24. The van der Waals surface area contributed by atoms with Crippen molar-refractivity contribution in [3.8, 4) is 0 Å². The van der Waals surface area contributed by atoms with Gasteiger partial charge in [0.15, 0.2) is 0 Å². The highest BCUT2D eigenvalue weighted by molar-refractivity contribution is 4.88. The average Bonchev–Trinajstić information content (AvgIpc) is 2.01. The molecule has 0 heteroatoms. The molecule has 0 unspecified atom stereocenters. The first kappa shape index (κ1) is 12.0. The predicted molar refractivity (Wildman–Crippen MR) is 50.1 cm³/mol. The second-order valence-corrected chi connectivity index (χ2v) is 1.90. The van der Waals surface area contributed by atoms with Gasteiger partial charge in [0, 0.05) is 0 Å². The van der Waals surface area contributed by atoms with Crippen LogP contribution in [-0.2, 0) is 0 Å². The van der Waals surface area contributed by atoms with Gasteiger partial charge >= 0.3 is 0 Å². The van der Waals surface area contributed by atoms with Crippen LogP contribution < -0.4 is 0 Å². The topological polar surface area (TPSA) is 0 Å². The number of unbranched alkanes of at least 4 members (excludes halogenated alkanes) is 2. The van der Waals surface area contributed by atoms with Crippen molar-refractivity contribution in [2.24, 2.45) is 0 Å². The Hall–Kier alpha value is -0.780. The van der Waals surface area contributed by atoms with E-state index in [1.807, 2.05) is 6.08 Å². The Labute approximate surface area is 65.0 Å². The van der Waals surface area contributed by atoms with E-state index in [0.717, 1.165) is 0 Å². The summed E-state index contributed by atoms with van der Waals surface area (Å²) >= 11 is 0. The summed E-state index contributed by atoms with van der Waals surface area (Å²) in [6.45, 7) is 12.5. The monoisotopic (exact) mass is 138 g/mol. The molecular formula is C10H18. The van der Waals surface area contributed by atoms with E-state index in [2.05, 4.69) is 26.7 Å². The number of hydrogen-bond donors (Lipinski definition) is 0. The van der Waals surface area contributed by atoms with Gasteiger partial charge in [0.1, 0.15) is 0 Å². The highest BCUT2D eigenvalue weighted by atomic mass is 13.8. The quantitative estimate of drug-likeness (QED) is 0.315. The average molecular weight is 138 g/mol. The lowest BCUT2D eigenvalue weighted by Crippen LogP contribution is -1.61. The highest BCUT2D eigenvalue weighted by Crippen LogP contribution is 1.91. The fourth-order valence-electron chi connectivity index (χ4n) is 0.348. The molecule has 0 nitrogen and oxygen atoms in total. The predicted octanol–water partition coefficient (Wildman–Crippen LogP) is 3.72. The van der Waals surface area contributed by atoms with Gasteiger partial charge in [-0.1, -0.05) is 51.2 Å². The van der Waals surface area contributed by atoms with Crippen LogP contribution in [0.15, 0.2) is 38.0 Å². The molecule has 0 aromatic carbocycles. The summed E-state index contributed by atoms with van der Waals surface area (Å²) in [5.41, 5.74) is 0. The molecule has 0 radical (unpaired) electrons. The molecule has 58 valence electrons. The smallest absolute Gasteiger partial charge is 0.0354 e. The van der Waals surface area contributed by atoms with E-state index in [9.17, 15) is 0 Å². The van der Waals surface area contributed by atoms with Crippen molar-refractivity contribution >= 4 is 0 Å². The molecule has 10 heavy (non-hydrogen) atoms. The molecule has 0 bridgehead atoms. The molecule has 0 fully saturated rings. The second-order valence-electron chi connectivity index (χ2n) is 1.90. The van der Waals surface area contributed by atoms with Crippen LogP contribution in [0, 0.1) is 0 Å². The van der Waals surface area contributed by atoms with Crippen LogP contribution in [0.1, 0.15) is 26.2 Å². The fourth-order valence-corrected chi connectivity index (χ4v) is 0.348. The summed E-state index contributed by atoms with van der Waals surface area (Å²) < 4.78 is 0. The lowest BCUT2D eigenvalue weighted by molar-refractivity contribution is 0.816. The van der Waals surface area contributed by atoms with Gasteiger partial charge in [-0.25, -0.2) is 0 Å². The van der Waals surface area contributed by atoms with Gasteiger partial charge in [0.05, 0.1) is 0 Å². The first-order chi connectivity index (χ1) is 4.83. The van der Waals surface area contributed by atoms with Crippen molar-refractivity contribution in [3.05, 3.63) is 38.0 Å². The van der Waals surface area contributed by atoms with Gasteiger partial charge in [-0.15, -0.1) is 6.58 Å². The van der Waals surface area contributed by atoms with Crippen LogP contribution in [0.5, 0.6) is 0 Å². The molecule has 0 saturated heterocycles. The molecule has 0 aliphatic rings. The molecule has 0 saturated carbocycles. The van der Waals surface area contributed by atoms with Crippen LogP contribution in [0.2, 0.25) is 0 Å². The molecule has 0 aromatic rings. The Bertz CT molecular complexity index is 74.0. The lowest BCUT2D eigenvalue weighted by Gasteiger charge is -1.81. The minimum absolute atomic E-state index is 1.18. The number of hydrogen-bond acceptors (Lipinski definition) is 0. The Kier molecular flexibility index (Phi) is 18.8. The molecule has 0 aliphatic heterocycles. The maximum atomic E-state index is 3.60. The zero-order valence-electron chi connectivity index (χ0n) is 6.97. The van der Waals surface area contributed by atoms with Crippen LogP contribution in [0.3, 0.4) is 0 Å². The van der Waals surface area contributed by atoms with Crippen molar-refractivity contribution in [2.75, 3.05) is 0 Å². The van der Waals surface area contributed by atoms with Gasteiger partial charge in [-0.3, -0.25) is 0 Å². The van der Waals surface area contributed by atoms with Crippen molar-refractivity contribution in [2.45, 2.75) is 26.2 Å². The van der Waals surface area contributed by atoms with Crippen molar-refractivity contribution < 1.29 is 0 Å². The van der Waals surface area contributed by atoms with Gasteiger partial charge < -0.3 is 0 Å². The molecular weight excluding hydrogens is 120 g/mol. The number of rotatable bonds is 4. The fraction of sp³-hybridized carbons (Fsp3) is 0.400. The standard InChI is InChI=1S/C6H12.C4H6/c1-3-5-6-4-2;1-3-4-2/h3H,1,4-6H2,2H3;3-4H,1-2H2. The zero-order valence-corrected chi connectivity index (χ0v) is 6.97. The van der Waals surface area contributed by atoms with Crippen molar-refractivity contribution in [1.29, 1.82) is 0 Å². The van der Waals surface area contributed by atoms with E-state index in [1.54, 1.807) is 12.2 Å². The SMILES string of the molecule is C=CC=C.C=CCCCC. The van der Waals surface area contributed by atoms with E-state index >= 15 is 0 Å². The maximum Gasteiger partial charge on any atom is -0.0354 e. The van der Waals surface area contributed by atoms with E-state index in [0.29, 0.717) is 0 Å². The summed E-state index contributed by atoms with van der Waals surface area (Å²) in [5.74, 6) is 0. The van der Waals surface area contributed by atoms with Crippen molar-refractivity contribution in [1.82, 2.24) is 0 Å². The third-order valence-corrected chi connectivity index (χ3v) is 0.928. The van der Waals surface area contributed by atoms with Gasteiger partial charge in [-0.05, 0) is 6.42 Å². The molecule has 0 amide bonds. The lowest BCUT2D eigenvalue weighted by atomic mass is 10.3. The number of allylic oxidation sites excluding steroid dienone is 3. The Morgan fingerprint density at radius 2 is 1.60 bits per heavy atom. The Morgan fingerprint density at radius 3 is 1.70 bits per heavy atom. The first-order valence-corrected chi connectivity index (χ1v) is 3.67. The molecule has 0 rings (SSSR count). The molecule has 0 aromatic heterocycles.